The van der Waals surface area contributed by atoms with Crippen molar-refractivity contribution < 1.29 is 4.39 Å². The monoisotopic (exact) mass is 182 g/mol. The van der Waals surface area contributed by atoms with Crippen molar-refractivity contribution in [1.29, 1.82) is 0 Å². The Balaban J connectivity index is 1.99. The molecule has 1 aromatic rings. The van der Waals surface area contributed by atoms with Crippen LogP contribution in [0.5, 0.6) is 0 Å². The molecule has 0 aliphatic carbocycles. The minimum absolute atomic E-state index is 0.403. The number of rotatable bonds is 2. The van der Waals surface area contributed by atoms with Crippen molar-refractivity contribution in [3.8, 4) is 0 Å². The van der Waals surface area contributed by atoms with Crippen LogP contribution in [0.15, 0.2) is 12.4 Å². The van der Waals surface area contributed by atoms with Gasteiger partial charge in [-0.1, -0.05) is 0 Å². The molecular formula is C8H11FN4. The maximum absolute atomic E-state index is 12.5. The van der Waals surface area contributed by atoms with Crippen LogP contribution in [-0.2, 0) is 0 Å². The van der Waals surface area contributed by atoms with E-state index in [1.807, 2.05) is 4.90 Å². The molecule has 1 fully saturated rings. The second-order valence-electron chi connectivity index (χ2n) is 3.21. The van der Waals surface area contributed by atoms with E-state index in [9.17, 15) is 4.39 Å². The van der Waals surface area contributed by atoms with Crippen LogP contribution in [0.25, 0.3) is 0 Å². The Morgan fingerprint density at radius 2 is 2.08 bits per heavy atom. The molecule has 5 heteroatoms. The topological polar surface area (TPSA) is 55.0 Å². The number of halogens is 1. The van der Waals surface area contributed by atoms with E-state index in [1.54, 1.807) is 0 Å². The molecular weight excluding hydrogens is 171 g/mol. The van der Waals surface area contributed by atoms with Gasteiger partial charge in [-0.3, -0.25) is 0 Å². The van der Waals surface area contributed by atoms with E-state index in [1.165, 1.54) is 12.4 Å². The van der Waals surface area contributed by atoms with Gasteiger partial charge >= 0.3 is 0 Å². The molecule has 1 aliphatic heterocycles. The van der Waals surface area contributed by atoms with Crippen molar-refractivity contribution >= 4 is 5.95 Å². The molecule has 70 valence electrons. The van der Waals surface area contributed by atoms with Gasteiger partial charge in [0.05, 0.1) is 12.4 Å². The molecule has 0 amide bonds. The third kappa shape index (κ3) is 1.60. The van der Waals surface area contributed by atoms with Crippen LogP contribution >= 0.6 is 0 Å². The van der Waals surface area contributed by atoms with Crippen molar-refractivity contribution in [3.05, 3.63) is 18.2 Å². The van der Waals surface area contributed by atoms with E-state index in [0.717, 1.165) is 13.1 Å². The minimum atomic E-state index is -0.403. The average molecular weight is 182 g/mol. The lowest BCUT2D eigenvalue weighted by Crippen LogP contribution is -2.50. The Morgan fingerprint density at radius 3 is 2.62 bits per heavy atom. The summed E-state index contributed by atoms with van der Waals surface area (Å²) in [5.41, 5.74) is 5.47. The number of nitrogens with zero attached hydrogens (tertiary/aromatic N) is 3. The Labute approximate surface area is 75.6 Å². The zero-order valence-electron chi connectivity index (χ0n) is 7.15. The van der Waals surface area contributed by atoms with Crippen LogP contribution in [0, 0.1) is 11.7 Å². The van der Waals surface area contributed by atoms with Gasteiger partial charge in [-0.25, -0.2) is 14.4 Å². The van der Waals surface area contributed by atoms with Crippen molar-refractivity contribution in [1.82, 2.24) is 9.97 Å². The molecule has 2 N–H and O–H groups in total. The van der Waals surface area contributed by atoms with Gasteiger partial charge in [-0.2, -0.15) is 0 Å². The lowest BCUT2D eigenvalue weighted by atomic mass is 10.0. The van der Waals surface area contributed by atoms with Crippen LogP contribution in [0.1, 0.15) is 0 Å². The lowest BCUT2D eigenvalue weighted by Gasteiger charge is -2.38. The molecule has 0 aromatic carbocycles. The minimum Gasteiger partial charge on any atom is -0.340 e. The third-order valence-electron chi connectivity index (χ3n) is 2.18. The van der Waals surface area contributed by atoms with Crippen LogP contribution in [0.2, 0.25) is 0 Å². The summed E-state index contributed by atoms with van der Waals surface area (Å²) in [5.74, 6) is 0.722. The first-order valence-corrected chi connectivity index (χ1v) is 4.22. The summed E-state index contributed by atoms with van der Waals surface area (Å²) in [4.78, 5) is 9.72. The van der Waals surface area contributed by atoms with E-state index >= 15 is 0 Å². The summed E-state index contributed by atoms with van der Waals surface area (Å²) in [6.45, 7) is 2.45. The molecule has 0 saturated carbocycles. The van der Waals surface area contributed by atoms with Gasteiger partial charge in [-0.15, -0.1) is 0 Å². The Kier molecular flexibility index (Phi) is 2.10. The van der Waals surface area contributed by atoms with Gasteiger partial charge in [-0.05, 0) is 6.54 Å². The first kappa shape index (κ1) is 8.37. The highest BCUT2D eigenvalue weighted by Gasteiger charge is 2.26. The van der Waals surface area contributed by atoms with Crippen LogP contribution in [0.3, 0.4) is 0 Å². The van der Waals surface area contributed by atoms with Gasteiger partial charge in [0.2, 0.25) is 5.95 Å². The fourth-order valence-corrected chi connectivity index (χ4v) is 1.35. The Morgan fingerprint density at radius 1 is 1.46 bits per heavy atom. The highest BCUT2D eigenvalue weighted by atomic mass is 19.1. The van der Waals surface area contributed by atoms with Gasteiger partial charge in [0.15, 0.2) is 5.82 Å². The zero-order valence-corrected chi connectivity index (χ0v) is 7.15. The van der Waals surface area contributed by atoms with Gasteiger partial charge in [0, 0.05) is 19.0 Å². The summed E-state index contributed by atoms with van der Waals surface area (Å²) in [5, 5.41) is 0. The quantitative estimate of drug-likeness (QED) is 0.700. The smallest absolute Gasteiger partial charge is 0.225 e. The van der Waals surface area contributed by atoms with E-state index in [2.05, 4.69) is 9.97 Å². The summed E-state index contributed by atoms with van der Waals surface area (Å²) >= 11 is 0. The summed E-state index contributed by atoms with van der Waals surface area (Å²) < 4.78 is 12.5. The predicted molar refractivity (Wildman–Crippen MR) is 46.7 cm³/mol. The molecule has 0 spiro atoms. The van der Waals surface area contributed by atoms with Crippen molar-refractivity contribution in [2.75, 3.05) is 24.5 Å². The SMILES string of the molecule is NCC1CN(c2ncc(F)cn2)C1. The van der Waals surface area contributed by atoms with E-state index in [-0.39, 0.29) is 0 Å². The Hall–Kier alpha value is -1.23. The molecule has 4 nitrogen and oxygen atoms in total. The standard InChI is InChI=1S/C8H11FN4/c9-7-2-11-8(12-3-7)13-4-6(1-10)5-13/h2-3,6H,1,4-5,10H2. The molecule has 2 heterocycles. The molecule has 0 bridgehead atoms. The molecule has 1 saturated heterocycles. The third-order valence-corrected chi connectivity index (χ3v) is 2.18. The van der Waals surface area contributed by atoms with Crippen molar-refractivity contribution in [2.45, 2.75) is 0 Å². The van der Waals surface area contributed by atoms with E-state index in [0.29, 0.717) is 18.4 Å². The number of hydrogen-bond acceptors (Lipinski definition) is 4. The van der Waals surface area contributed by atoms with Crippen LogP contribution in [-0.4, -0.2) is 29.6 Å². The summed E-state index contributed by atoms with van der Waals surface area (Å²) in [6.07, 6.45) is 2.36. The molecule has 1 aromatic heterocycles. The number of hydrogen-bond donors (Lipinski definition) is 1. The largest absolute Gasteiger partial charge is 0.340 e. The number of nitrogens with two attached hydrogens (primary N) is 1. The highest BCUT2D eigenvalue weighted by Crippen LogP contribution is 2.19. The van der Waals surface area contributed by atoms with Gasteiger partial charge < -0.3 is 10.6 Å². The summed E-state index contributed by atoms with van der Waals surface area (Å²) in [6, 6.07) is 0. The van der Waals surface area contributed by atoms with Crippen molar-refractivity contribution in [3.63, 3.8) is 0 Å². The molecule has 1 aliphatic rings. The second-order valence-corrected chi connectivity index (χ2v) is 3.21. The molecule has 0 unspecified atom stereocenters. The molecule has 0 radical (unpaired) electrons. The Bertz CT molecular complexity index is 281. The fourth-order valence-electron chi connectivity index (χ4n) is 1.35. The van der Waals surface area contributed by atoms with E-state index in [4.69, 9.17) is 5.73 Å². The zero-order chi connectivity index (χ0) is 9.26. The second kappa shape index (κ2) is 3.26. The van der Waals surface area contributed by atoms with Gasteiger partial charge in [0.1, 0.15) is 0 Å². The highest BCUT2D eigenvalue weighted by molar-refractivity contribution is 5.33. The van der Waals surface area contributed by atoms with Crippen LogP contribution in [0.4, 0.5) is 10.3 Å². The lowest BCUT2D eigenvalue weighted by molar-refractivity contribution is 0.412. The molecule has 2 rings (SSSR count). The van der Waals surface area contributed by atoms with Crippen molar-refractivity contribution in [2.24, 2.45) is 11.7 Å². The number of anilines is 1. The maximum Gasteiger partial charge on any atom is 0.225 e. The first-order chi connectivity index (χ1) is 6.29. The molecule has 13 heavy (non-hydrogen) atoms. The normalized spacial score (nSPS) is 17.2. The average Bonchev–Trinajstić information content (AvgIpc) is 2.06. The molecule has 0 atom stereocenters. The maximum atomic E-state index is 12.5. The first-order valence-electron chi connectivity index (χ1n) is 4.22. The van der Waals surface area contributed by atoms with E-state index < -0.39 is 5.82 Å². The number of aromatic nitrogens is 2. The van der Waals surface area contributed by atoms with Gasteiger partial charge in [0.25, 0.3) is 0 Å². The fraction of sp³-hybridized carbons (Fsp3) is 0.500. The van der Waals surface area contributed by atoms with Crippen LogP contribution < -0.4 is 10.6 Å². The summed E-state index contributed by atoms with van der Waals surface area (Å²) in [7, 11) is 0. The predicted octanol–water partition coefficient (Wildman–Crippen LogP) is 0.0106.